The van der Waals surface area contributed by atoms with Crippen LogP contribution in [-0.2, 0) is 0 Å². The van der Waals surface area contributed by atoms with Gasteiger partial charge in [0.2, 0.25) is 5.95 Å². The van der Waals surface area contributed by atoms with Crippen molar-refractivity contribution in [1.29, 1.82) is 0 Å². The number of anilines is 1. The first-order chi connectivity index (χ1) is 13.1. The summed E-state index contributed by atoms with van der Waals surface area (Å²) in [6.45, 7) is 4.07. The number of hydrogen-bond donors (Lipinski definition) is 1. The highest BCUT2D eigenvalue weighted by Crippen LogP contribution is 2.31. The van der Waals surface area contributed by atoms with E-state index in [1.165, 1.54) is 0 Å². The fourth-order valence-corrected chi connectivity index (χ4v) is 2.91. The van der Waals surface area contributed by atoms with Gasteiger partial charge in [-0.2, -0.15) is 4.98 Å². The number of rotatable bonds is 5. The second kappa shape index (κ2) is 6.99. The summed E-state index contributed by atoms with van der Waals surface area (Å²) in [6, 6.07) is 17.7. The predicted octanol–water partition coefficient (Wildman–Crippen LogP) is 4.09. The normalized spacial score (nSPS) is 11.1. The zero-order chi connectivity index (χ0) is 18.8. The molecule has 0 radical (unpaired) electrons. The largest absolute Gasteiger partial charge is 0.351 e. The molecule has 4 rings (SSSR count). The van der Waals surface area contributed by atoms with E-state index in [-0.39, 0.29) is 6.04 Å². The number of carbonyl (C=O) groups is 1. The van der Waals surface area contributed by atoms with Crippen LogP contribution in [0, 0.1) is 0 Å². The maximum Gasteiger partial charge on any atom is 0.254 e. The van der Waals surface area contributed by atoms with Crippen LogP contribution in [0.4, 0.5) is 5.95 Å². The van der Waals surface area contributed by atoms with E-state index in [1.807, 2.05) is 62.5 Å². The lowest BCUT2D eigenvalue weighted by molar-refractivity contribution is 0.112. The van der Waals surface area contributed by atoms with Gasteiger partial charge in [-0.15, -0.1) is 5.10 Å². The summed E-state index contributed by atoms with van der Waals surface area (Å²) in [5.41, 5.74) is 4.34. The molecule has 0 aliphatic carbocycles. The third kappa shape index (κ3) is 3.42. The van der Waals surface area contributed by atoms with Gasteiger partial charge < -0.3 is 5.32 Å². The Morgan fingerprint density at radius 3 is 2.37 bits per heavy atom. The minimum Gasteiger partial charge on any atom is -0.351 e. The summed E-state index contributed by atoms with van der Waals surface area (Å²) >= 11 is 0. The van der Waals surface area contributed by atoms with Crippen molar-refractivity contribution in [3.8, 4) is 22.4 Å². The number of aldehydes is 1. The van der Waals surface area contributed by atoms with Crippen molar-refractivity contribution in [2.24, 2.45) is 0 Å². The van der Waals surface area contributed by atoms with Crippen LogP contribution in [0.3, 0.4) is 0 Å². The molecule has 0 bridgehead atoms. The lowest BCUT2D eigenvalue weighted by atomic mass is 10.0. The Morgan fingerprint density at radius 2 is 1.70 bits per heavy atom. The summed E-state index contributed by atoms with van der Waals surface area (Å²) in [6.07, 6.45) is 2.78. The Balaban J connectivity index is 1.91. The van der Waals surface area contributed by atoms with Crippen molar-refractivity contribution < 1.29 is 4.79 Å². The van der Waals surface area contributed by atoms with Gasteiger partial charge in [0, 0.05) is 28.9 Å². The summed E-state index contributed by atoms with van der Waals surface area (Å²) < 4.78 is 1.69. The van der Waals surface area contributed by atoms with Crippen LogP contribution < -0.4 is 5.32 Å². The van der Waals surface area contributed by atoms with Gasteiger partial charge in [-0.05, 0) is 19.4 Å². The van der Waals surface area contributed by atoms with Gasteiger partial charge in [-0.1, -0.05) is 54.6 Å². The first-order valence-electron chi connectivity index (χ1n) is 8.79. The van der Waals surface area contributed by atoms with Crippen LogP contribution in [0.25, 0.3) is 28.2 Å². The third-order valence-corrected chi connectivity index (χ3v) is 4.15. The Kier molecular flexibility index (Phi) is 4.38. The van der Waals surface area contributed by atoms with E-state index in [9.17, 15) is 4.79 Å². The molecule has 2 aromatic heterocycles. The molecule has 0 spiro atoms. The van der Waals surface area contributed by atoms with Crippen LogP contribution in [0.1, 0.15) is 24.2 Å². The van der Waals surface area contributed by atoms with Gasteiger partial charge in [0.1, 0.15) is 6.29 Å². The molecule has 0 saturated heterocycles. The average molecular weight is 357 g/mol. The maximum atomic E-state index is 11.0. The molecule has 4 aromatic rings. The zero-order valence-corrected chi connectivity index (χ0v) is 15.1. The molecule has 0 aliphatic heterocycles. The molecule has 2 heterocycles. The highest BCUT2D eigenvalue weighted by molar-refractivity contribution is 5.83. The first kappa shape index (κ1) is 16.9. The van der Waals surface area contributed by atoms with Gasteiger partial charge in [-0.3, -0.25) is 4.79 Å². The molecule has 1 N–H and O–H groups in total. The van der Waals surface area contributed by atoms with Crippen LogP contribution >= 0.6 is 0 Å². The number of benzene rings is 2. The molecule has 0 fully saturated rings. The average Bonchev–Trinajstić information content (AvgIpc) is 3.08. The Morgan fingerprint density at radius 1 is 0.963 bits per heavy atom. The van der Waals surface area contributed by atoms with E-state index in [0.717, 1.165) is 28.7 Å². The van der Waals surface area contributed by atoms with Gasteiger partial charge >= 0.3 is 0 Å². The topological polar surface area (TPSA) is 72.2 Å². The van der Waals surface area contributed by atoms with Crippen molar-refractivity contribution in [3.05, 3.63) is 66.4 Å². The van der Waals surface area contributed by atoms with Crippen molar-refractivity contribution in [1.82, 2.24) is 19.6 Å². The van der Waals surface area contributed by atoms with E-state index >= 15 is 0 Å². The maximum absolute atomic E-state index is 11.0. The lowest BCUT2D eigenvalue weighted by Gasteiger charge is -2.09. The molecule has 0 atom stereocenters. The SMILES string of the molecule is CC(C)Nc1nc2nc(-c3ccc(C=O)cc3)c(-c3ccccc3)cn2n1. The molecule has 0 amide bonds. The molecular formula is C21H19N5O. The second-order valence-electron chi connectivity index (χ2n) is 6.59. The van der Waals surface area contributed by atoms with E-state index in [1.54, 1.807) is 16.6 Å². The van der Waals surface area contributed by atoms with Crippen LogP contribution in [0.2, 0.25) is 0 Å². The monoisotopic (exact) mass is 357 g/mol. The molecule has 27 heavy (non-hydrogen) atoms. The second-order valence-corrected chi connectivity index (χ2v) is 6.59. The van der Waals surface area contributed by atoms with E-state index < -0.39 is 0 Å². The summed E-state index contributed by atoms with van der Waals surface area (Å²) in [5.74, 6) is 1.07. The van der Waals surface area contributed by atoms with Crippen LogP contribution in [0.5, 0.6) is 0 Å². The molecule has 6 heteroatoms. The van der Waals surface area contributed by atoms with Gasteiger partial charge in [-0.25, -0.2) is 9.50 Å². The molecule has 0 saturated carbocycles. The number of hydrogen-bond acceptors (Lipinski definition) is 5. The molecule has 134 valence electrons. The smallest absolute Gasteiger partial charge is 0.254 e. The molecule has 6 nitrogen and oxygen atoms in total. The zero-order valence-electron chi connectivity index (χ0n) is 15.1. The van der Waals surface area contributed by atoms with Crippen molar-refractivity contribution in [2.75, 3.05) is 5.32 Å². The number of nitrogens with zero attached hydrogens (tertiary/aromatic N) is 4. The van der Waals surface area contributed by atoms with Crippen molar-refractivity contribution >= 4 is 18.0 Å². The molecular weight excluding hydrogens is 338 g/mol. The first-order valence-corrected chi connectivity index (χ1v) is 8.79. The number of aromatic nitrogens is 4. The summed E-state index contributed by atoms with van der Waals surface area (Å²) in [4.78, 5) is 20.2. The predicted molar refractivity (Wildman–Crippen MR) is 106 cm³/mol. The fourth-order valence-electron chi connectivity index (χ4n) is 2.91. The molecule has 2 aromatic carbocycles. The quantitative estimate of drug-likeness (QED) is 0.545. The Hall–Kier alpha value is -3.54. The van der Waals surface area contributed by atoms with E-state index in [0.29, 0.717) is 17.3 Å². The minimum absolute atomic E-state index is 0.228. The Labute approximate surface area is 156 Å². The highest BCUT2D eigenvalue weighted by atomic mass is 16.1. The number of carbonyl (C=O) groups excluding carboxylic acids is 1. The van der Waals surface area contributed by atoms with Crippen LogP contribution in [-0.4, -0.2) is 31.9 Å². The van der Waals surface area contributed by atoms with Gasteiger partial charge in [0.15, 0.2) is 0 Å². The van der Waals surface area contributed by atoms with Crippen molar-refractivity contribution in [3.63, 3.8) is 0 Å². The fraction of sp³-hybridized carbons (Fsp3) is 0.143. The van der Waals surface area contributed by atoms with Gasteiger partial charge in [0.05, 0.1) is 5.69 Å². The van der Waals surface area contributed by atoms with Crippen LogP contribution in [0.15, 0.2) is 60.8 Å². The molecule has 0 unspecified atom stereocenters. The Bertz CT molecular complexity index is 1080. The summed E-state index contributed by atoms with van der Waals surface area (Å²) in [7, 11) is 0. The number of nitrogens with one attached hydrogen (secondary N) is 1. The highest BCUT2D eigenvalue weighted by Gasteiger charge is 2.14. The number of fused-ring (bicyclic) bond motifs is 1. The van der Waals surface area contributed by atoms with E-state index in [2.05, 4.69) is 15.4 Å². The molecule has 0 aliphatic rings. The standard InChI is InChI=1S/C21H19N5O/c1-14(2)22-20-24-21-23-19(17-10-8-15(13-27)9-11-17)18(12-26(21)25-20)16-6-4-3-5-7-16/h3-14H,1-2H3,(H,22,25). The minimum atomic E-state index is 0.228. The van der Waals surface area contributed by atoms with Gasteiger partial charge in [0.25, 0.3) is 5.78 Å². The van der Waals surface area contributed by atoms with Crippen molar-refractivity contribution in [2.45, 2.75) is 19.9 Å². The third-order valence-electron chi connectivity index (χ3n) is 4.15. The summed E-state index contributed by atoms with van der Waals surface area (Å²) in [5, 5.41) is 7.69. The van der Waals surface area contributed by atoms with E-state index in [4.69, 9.17) is 4.98 Å². The lowest BCUT2D eigenvalue weighted by Crippen LogP contribution is -2.10.